The Morgan fingerprint density at radius 3 is 2.42 bits per heavy atom. The van der Waals surface area contributed by atoms with Crippen molar-refractivity contribution in [3.8, 4) is 0 Å². The largest absolute Gasteiger partial charge is 0.317 e. The fraction of sp³-hybridized carbons (Fsp3) is 0.500. The average molecular weight is 309 g/mol. The van der Waals surface area contributed by atoms with Crippen molar-refractivity contribution in [3.05, 3.63) is 30.1 Å². The smallest absolute Gasteiger partial charge is 0.243 e. The summed E-state index contributed by atoms with van der Waals surface area (Å²) in [5, 5.41) is 3.17. The van der Waals surface area contributed by atoms with Crippen LogP contribution in [0.3, 0.4) is 0 Å². The maximum atomic E-state index is 13.5. The van der Waals surface area contributed by atoms with Crippen LogP contribution in [0.4, 0.5) is 4.39 Å². The third kappa shape index (κ3) is 3.89. The average Bonchev–Trinajstić information content (AvgIpc) is 2.28. The summed E-state index contributed by atoms with van der Waals surface area (Å²) in [7, 11) is -3.80. The van der Waals surface area contributed by atoms with Crippen LogP contribution in [-0.4, -0.2) is 27.0 Å². The van der Waals surface area contributed by atoms with E-state index in [0.717, 1.165) is 19.2 Å². The van der Waals surface area contributed by atoms with Gasteiger partial charge in [-0.1, -0.05) is 12.1 Å². The van der Waals surface area contributed by atoms with E-state index in [-0.39, 0.29) is 17.3 Å². The second-order valence-corrected chi connectivity index (χ2v) is 6.50. The lowest BCUT2D eigenvalue weighted by atomic mass is 9.92. The van der Waals surface area contributed by atoms with Gasteiger partial charge in [-0.05, 0) is 45.0 Å². The summed E-state index contributed by atoms with van der Waals surface area (Å²) in [5.41, 5.74) is -0.508. The van der Waals surface area contributed by atoms with E-state index in [1.807, 2.05) is 6.92 Å². The molecule has 0 aromatic heterocycles. The van der Waals surface area contributed by atoms with E-state index in [9.17, 15) is 12.8 Å². The maximum Gasteiger partial charge on any atom is 0.243 e. The molecule has 1 saturated heterocycles. The SMILES string of the molecule is CC1(NS(=O)(=O)c2ccccc2F)CCNCC1.Cl. The van der Waals surface area contributed by atoms with Gasteiger partial charge >= 0.3 is 0 Å². The molecule has 1 heterocycles. The fourth-order valence-corrected chi connectivity index (χ4v) is 3.67. The molecule has 0 radical (unpaired) electrons. The van der Waals surface area contributed by atoms with Crippen molar-refractivity contribution in [2.75, 3.05) is 13.1 Å². The maximum absolute atomic E-state index is 13.5. The second kappa shape index (κ2) is 6.17. The summed E-state index contributed by atoms with van der Waals surface area (Å²) in [4.78, 5) is -0.287. The number of piperidine rings is 1. The zero-order valence-corrected chi connectivity index (χ0v) is 12.3. The monoisotopic (exact) mass is 308 g/mol. The van der Waals surface area contributed by atoms with Gasteiger partial charge in [0.25, 0.3) is 0 Å². The molecule has 108 valence electrons. The minimum absolute atomic E-state index is 0. The number of halogens is 2. The van der Waals surface area contributed by atoms with Crippen molar-refractivity contribution in [3.63, 3.8) is 0 Å². The highest BCUT2D eigenvalue weighted by Gasteiger charge is 2.32. The Kier molecular flexibility index (Phi) is 5.32. The Labute approximate surface area is 119 Å². The first-order valence-corrected chi connectivity index (χ1v) is 7.41. The van der Waals surface area contributed by atoms with Gasteiger partial charge in [-0.2, -0.15) is 0 Å². The minimum atomic E-state index is -3.80. The van der Waals surface area contributed by atoms with Crippen LogP contribution in [0, 0.1) is 5.82 Å². The number of hydrogen-bond donors (Lipinski definition) is 2. The van der Waals surface area contributed by atoms with Crippen LogP contribution in [0.5, 0.6) is 0 Å². The summed E-state index contributed by atoms with van der Waals surface area (Å²) in [6, 6.07) is 5.42. The molecule has 2 rings (SSSR count). The number of hydrogen-bond acceptors (Lipinski definition) is 3. The van der Waals surface area contributed by atoms with E-state index in [0.29, 0.717) is 12.8 Å². The van der Waals surface area contributed by atoms with Gasteiger partial charge in [0.1, 0.15) is 10.7 Å². The third-order valence-electron chi connectivity index (χ3n) is 3.21. The Bertz CT molecular complexity index is 530. The van der Waals surface area contributed by atoms with Crippen LogP contribution >= 0.6 is 12.4 Å². The highest BCUT2D eigenvalue weighted by Crippen LogP contribution is 2.22. The van der Waals surface area contributed by atoms with E-state index in [4.69, 9.17) is 0 Å². The van der Waals surface area contributed by atoms with Crippen LogP contribution in [0.25, 0.3) is 0 Å². The lowest BCUT2D eigenvalue weighted by Crippen LogP contribution is -2.52. The van der Waals surface area contributed by atoms with Gasteiger partial charge in [0, 0.05) is 5.54 Å². The summed E-state index contributed by atoms with van der Waals surface area (Å²) in [5.74, 6) is -0.720. The summed E-state index contributed by atoms with van der Waals surface area (Å²) in [6.45, 7) is 3.37. The van der Waals surface area contributed by atoms with Crippen molar-refractivity contribution < 1.29 is 12.8 Å². The van der Waals surface area contributed by atoms with Gasteiger partial charge in [0.15, 0.2) is 0 Å². The van der Waals surface area contributed by atoms with Crippen molar-refractivity contribution >= 4 is 22.4 Å². The zero-order valence-electron chi connectivity index (χ0n) is 10.6. The molecule has 0 saturated carbocycles. The molecule has 0 bridgehead atoms. The van der Waals surface area contributed by atoms with Gasteiger partial charge in [-0.3, -0.25) is 0 Å². The number of rotatable bonds is 3. The molecule has 1 aromatic rings. The molecule has 1 aliphatic rings. The number of nitrogens with one attached hydrogen (secondary N) is 2. The molecule has 1 aliphatic heterocycles. The van der Waals surface area contributed by atoms with Gasteiger partial charge in [-0.15, -0.1) is 12.4 Å². The fourth-order valence-electron chi connectivity index (χ4n) is 2.12. The molecule has 7 heteroatoms. The van der Waals surface area contributed by atoms with Crippen molar-refractivity contribution in [1.82, 2.24) is 10.0 Å². The molecular weight excluding hydrogens is 291 g/mol. The zero-order chi connectivity index (χ0) is 13.2. The molecule has 1 fully saturated rings. The summed E-state index contributed by atoms with van der Waals surface area (Å²) >= 11 is 0. The molecule has 0 spiro atoms. The van der Waals surface area contributed by atoms with Crippen LogP contribution in [0.15, 0.2) is 29.2 Å². The minimum Gasteiger partial charge on any atom is -0.317 e. The van der Waals surface area contributed by atoms with Crippen LogP contribution in [0.2, 0.25) is 0 Å². The predicted molar refractivity (Wildman–Crippen MR) is 74.5 cm³/mol. The highest BCUT2D eigenvalue weighted by molar-refractivity contribution is 7.89. The van der Waals surface area contributed by atoms with Gasteiger partial charge in [0.2, 0.25) is 10.0 Å². The number of benzene rings is 1. The molecule has 1 aromatic carbocycles. The van der Waals surface area contributed by atoms with E-state index >= 15 is 0 Å². The first-order chi connectivity index (χ1) is 8.43. The Balaban J connectivity index is 0.00000180. The molecule has 0 aliphatic carbocycles. The third-order valence-corrected chi connectivity index (χ3v) is 4.89. The van der Waals surface area contributed by atoms with Crippen LogP contribution in [0.1, 0.15) is 19.8 Å². The molecule has 0 atom stereocenters. The van der Waals surface area contributed by atoms with E-state index in [1.54, 1.807) is 0 Å². The quantitative estimate of drug-likeness (QED) is 0.893. The van der Waals surface area contributed by atoms with E-state index < -0.39 is 21.4 Å². The number of sulfonamides is 1. The Hall–Kier alpha value is -0.690. The Morgan fingerprint density at radius 2 is 1.84 bits per heavy atom. The lowest BCUT2D eigenvalue weighted by Gasteiger charge is -2.34. The van der Waals surface area contributed by atoms with Crippen molar-refractivity contribution in [2.45, 2.75) is 30.2 Å². The molecular formula is C12H18ClFN2O2S. The van der Waals surface area contributed by atoms with Crippen molar-refractivity contribution in [2.24, 2.45) is 0 Å². The summed E-state index contributed by atoms with van der Waals surface area (Å²) < 4.78 is 40.5. The highest BCUT2D eigenvalue weighted by atomic mass is 35.5. The molecule has 4 nitrogen and oxygen atoms in total. The first kappa shape index (κ1) is 16.4. The van der Waals surface area contributed by atoms with Gasteiger partial charge < -0.3 is 5.32 Å². The van der Waals surface area contributed by atoms with E-state index in [2.05, 4.69) is 10.0 Å². The summed E-state index contributed by atoms with van der Waals surface area (Å²) in [6.07, 6.45) is 1.39. The van der Waals surface area contributed by atoms with Crippen molar-refractivity contribution in [1.29, 1.82) is 0 Å². The Morgan fingerprint density at radius 1 is 1.26 bits per heavy atom. The predicted octanol–water partition coefficient (Wildman–Crippen LogP) is 1.67. The van der Waals surface area contributed by atoms with E-state index in [1.165, 1.54) is 18.2 Å². The molecule has 0 amide bonds. The lowest BCUT2D eigenvalue weighted by molar-refractivity contribution is 0.307. The molecule has 19 heavy (non-hydrogen) atoms. The topological polar surface area (TPSA) is 58.2 Å². The first-order valence-electron chi connectivity index (χ1n) is 5.92. The normalized spacial score (nSPS) is 18.6. The van der Waals surface area contributed by atoms with Crippen LogP contribution in [-0.2, 0) is 10.0 Å². The van der Waals surface area contributed by atoms with Gasteiger partial charge in [0.05, 0.1) is 0 Å². The van der Waals surface area contributed by atoms with Gasteiger partial charge in [-0.25, -0.2) is 17.5 Å². The molecule has 2 N–H and O–H groups in total. The van der Waals surface area contributed by atoms with Crippen LogP contribution < -0.4 is 10.0 Å². The standard InChI is InChI=1S/C12H17FN2O2S.ClH/c1-12(6-8-14-9-7-12)15-18(16,17)11-5-3-2-4-10(11)13;/h2-5,14-15H,6-9H2,1H3;1H. The molecule has 0 unspecified atom stereocenters. The second-order valence-electron chi connectivity index (χ2n) is 4.85.